The second kappa shape index (κ2) is 3.04. The van der Waals surface area contributed by atoms with Crippen LogP contribution in [0.15, 0.2) is 0 Å². The molecule has 0 saturated carbocycles. The molecule has 0 saturated heterocycles. The SMILES string of the molecule is CCC(C)(C)C(C)C(=N)N. The monoisotopic (exact) mass is 142 g/mol. The molecule has 0 aliphatic rings. The summed E-state index contributed by atoms with van der Waals surface area (Å²) in [4.78, 5) is 0. The number of hydrogen-bond donors (Lipinski definition) is 2. The van der Waals surface area contributed by atoms with E-state index in [-0.39, 0.29) is 11.3 Å². The summed E-state index contributed by atoms with van der Waals surface area (Å²) in [5.74, 6) is 0.490. The second-order valence-electron chi connectivity index (χ2n) is 3.52. The molecule has 1 atom stereocenters. The lowest BCUT2D eigenvalue weighted by Gasteiger charge is -2.29. The third-order valence-electron chi connectivity index (χ3n) is 2.55. The van der Waals surface area contributed by atoms with Gasteiger partial charge in [0.1, 0.15) is 0 Å². The Morgan fingerprint density at radius 3 is 2.10 bits per heavy atom. The topological polar surface area (TPSA) is 49.9 Å². The molecule has 2 heteroatoms. The maximum absolute atomic E-state index is 7.24. The average molecular weight is 142 g/mol. The minimum absolute atomic E-state index is 0.172. The van der Waals surface area contributed by atoms with Crippen molar-refractivity contribution >= 4 is 5.84 Å². The summed E-state index contributed by atoms with van der Waals surface area (Å²) < 4.78 is 0. The van der Waals surface area contributed by atoms with E-state index in [1.807, 2.05) is 6.92 Å². The van der Waals surface area contributed by atoms with Crippen molar-refractivity contribution in [2.24, 2.45) is 17.1 Å². The van der Waals surface area contributed by atoms with Crippen LogP contribution >= 0.6 is 0 Å². The lowest BCUT2D eigenvalue weighted by atomic mass is 9.77. The van der Waals surface area contributed by atoms with E-state index >= 15 is 0 Å². The molecule has 0 amide bonds. The van der Waals surface area contributed by atoms with Gasteiger partial charge in [0.15, 0.2) is 0 Å². The third kappa shape index (κ3) is 2.01. The first kappa shape index (κ1) is 9.47. The Kier molecular flexibility index (Phi) is 2.88. The molecule has 0 rings (SSSR count). The Morgan fingerprint density at radius 2 is 2.00 bits per heavy atom. The zero-order valence-corrected chi connectivity index (χ0v) is 7.36. The summed E-state index contributed by atoms with van der Waals surface area (Å²) in [7, 11) is 0. The first-order chi connectivity index (χ1) is 4.41. The van der Waals surface area contributed by atoms with Crippen LogP contribution in [0.1, 0.15) is 34.1 Å². The largest absolute Gasteiger partial charge is 0.387 e. The highest BCUT2D eigenvalue weighted by Crippen LogP contribution is 2.29. The number of nitrogens with one attached hydrogen (secondary N) is 1. The third-order valence-corrected chi connectivity index (χ3v) is 2.55. The molecule has 0 spiro atoms. The molecule has 3 N–H and O–H groups in total. The van der Waals surface area contributed by atoms with Gasteiger partial charge in [0.2, 0.25) is 0 Å². The van der Waals surface area contributed by atoms with E-state index in [1.165, 1.54) is 0 Å². The Hall–Kier alpha value is -0.530. The minimum Gasteiger partial charge on any atom is -0.387 e. The molecule has 2 nitrogen and oxygen atoms in total. The van der Waals surface area contributed by atoms with Crippen molar-refractivity contribution in [2.45, 2.75) is 34.1 Å². The normalized spacial score (nSPS) is 14.8. The van der Waals surface area contributed by atoms with E-state index in [1.54, 1.807) is 0 Å². The molecule has 10 heavy (non-hydrogen) atoms. The number of hydrogen-bond acceptors (Lipinski definition) is 1. The highest BCUT2D eigenvalue weighted by atomic mass is 14.7. The standard InChI is InChI=1S/C8H18N2/c1-5-8(3,4)6(2)7(9)10/h6H,5H2,1-4H3,(H3,9,10). The van der Waals surface area contributed by atoms with Gasteiger partial charge in [0.25, 0.3) is 0 Å². The molecule has 0 heterocycles. The fraction of sp³-hybridized carbons (Fsp3) is 0.875. The first-order valence-electron chi connectivity index (χ1n) is 3.75. The molecule has 0 aromatic heterocycles. The van der Waals surface area contributed by atoms with Gasteiger partial charge in [-0.3, -0.25) is 5.41 Å². The van der Waals surface area contributed by atoms with Crippen LogP contribution in [0.3, 0.4) is 0 Å². The van der Waals surface area contributed by atoms with Crippen LogP contribution in [-0.4, -0.2) is 5.84 Å². The van der Waals surface area contributed by atoms with Crippen LogP contribution in [0.5, 0.6) is 0 Å². The quantitative estimate of drug-likeness (QED) is 0.459. The molecule has 0 aromatic carbocycles. The molecule has 0 aromatic rings. The van der Waals surface area contributed by atoms with Crippen molar-refractivity contribution in [1.82, 2.24) is 0 Å². The number of amidine groups is 1. The van der Waals surface area contributed by atoms with E-state index in [0.29, 0.717) is 5.84 Å². The smallest absolute Gasteiger partial charge is 0.0939 e. The average Bonchev–Trinajstić information content (AvgIpc) is 1.86. The molecule has 0 radical (unpaired) electrons. The van der Waals surface area contributed by atoms with Gasteiger partial charge in [-0.2, -0.15) is 0 Å². The van der Waals surface area contributed by atoms with Crippen LogP contribution in [-0.2, 0) is 0 Å². The second-order valence-corrected chi connectivity index (χ2v) is 3.52. The lowest BCUT2D eigenvalue weighted by molar-refractivity contribution is 0.280. The van der Waals surface area contributed by atoms with E-state index in [2.05, 4.69) is 20.8 Å². The van der Waals surface area contributed by atoms with Gasteiger partial charge >= 0.3 is 0 Å². The highest BCUT2D eigenvalue weighted by Gasteiger charge is 2.25. The predicted molar refractivity (Wildman–Crippen MR) is 45.2 cm³/mol. The van der Waals surface area contributed by atoms with Gasteiger partial charge in [-0.1, -0.05) is 34.1 Å². The summed E-state index contributed by atoms with van der Waals surface area (Å²) in [5, 5.41) is 7.24. The summed E-state index contributed by atoms with van der Waals surface area (Å²) >= 11 is 0. The predicted octanol–water partition coefficient (Wildman–Crippen LogP) is 1.99. The fourth-order valence-corrected chi connectivity index (χ4v) is 0.727. The van der Waals surface area contributed by atoms with E-state index in [0.717, 1.165) is 6.42 Å². The van der Waals surface area contributed by atoms with Gasteiger partial charge in [-0.25, -0.2) is 0 Å². The van der Waals surface area contributed by atoms with Gasteiger partial charge in [0, 0.05) is 5.92 Å². The van der Waals surface area contributed by atoms with E-state index in [4.69, 9.17) is 11.1 Å². The van der Waals surface area contributed by atoms with Crippen LogP contribution in [0.2, 0.25) is 0 Å². The Morgan fingerprint density at radius 1 is 1.60 bits per heavy atom. The van der Waals surface area contributed by atoms with Crippen LogP contribution in [0, 0.1) is 16.7 Å². The van der Waals surface area contributed by atoms with Crippen molar-refractivity contribution < 1.29 is 0 Å². The van der Waals surface area contributed by atoms with Crippen LogP contribution in [0.4, 0.5) is 0 Å². The van der Waals surface area contributed by atoms with Gasteiger partial charge in [0.05, 0.1) is 5.84 Å². The van der Waals surface area contributed by atoms with Gasteiger partial charge in [-0.15, -0.1) is 0 Å². The molecule has 0 aliphatic carbocycles. The van der Waals surface area contributed by atoms with Crippen molar-refractivity contribution in [3.05, 3.63) is 0 Å². The van der Waals surface area contributed by atoms with Crippen molar-refractivity contribution in [1.29, 1.82) is 5.41 Å². The molecular weight excluding hydrogens is 124 g/mol. The van der Waals surface area contributed by atoms with Gasteiger partial charge in [-0.05, 0) is 5.41 Å². The molecule has 60 valence electrons. The number of nitrogens with two attached hydrogens (primary N) is 1. The van der Waals surface area contributed by atoms with E-state index < -0.39 is 0 Å². The van der Waals surface area contributed by atoms with Crippen LogP contribution in [0.25, 0.3) is 0 Å². The first-order valence-corrected chi connectivity index (χ1v) is 3.75. The van der Waals surface area contributed by atoms with E-state index in [9.17, 15) is 0 Å². The maximum atomic E-state index is 7.24. The van der Waals surface area contributed by atoms with Crippen LogP contribution < -0.4 is 5.73 Å². The number of rotatable bonds is 3. The summed E-state index contributed by atoms with van der Waals surface area (Å²) in [5.41, 5.74) is 5.55. The lowest BCUT2D eigenvalue weighted by Crippen LogP contribution is -2.32. The summed E-state index contributed by atoms with van der Waals surface area (Å²) in [6, 6.07) is 0. The van der Waals surface area contributed by atoms with Crippen molar-refractivity contribution in [2.75, 3.05) is 0 Å². The minimum atomic E-state index is 0.172. The fourth-order valence-electron chi connectivity index (χ4n) is 0.727. The maximum Gasteiger partial charge on any atom is 0.0939 e. The summed E-state index contributed by atoms with van der Waals surface area (Å²) in [6.45, 7) is 8.41. The molecule has 0 bridgehead atoms. The molecular formula is C8H18N2. The zero-order valence-electron chi connectivity index (χ0n) is 7.36. The molecule has 1 unspecified atom stereocenters. The highest BCUT2D eigenvalue weighted by molar-refractivity contribution is 5.79. The zero-order chi connectivity index (χ0) is 8.36. The van der Waals surface area contributed by atoms with Gasteiger partial charge < -0.3 is 5.73 Å². The summed E-state index contributed by atoms with van der Waals surface area (Å²) in [6.07, 6.45) is 1.06. The Bertz CT molecular complexity index is 127. The van der Waals surface area contributed by atoms with Crippen molar-refractivity contribution in [3.63, 3.8) is 0 Å². The van der Waals surface area contributed by atoms with Crippen molar-refractivity contribution in [3.8, 4) is 0 Å². The molecule has 0 fully saturated rings. The Labute approximate surface area is 63.3 Å². The Balaban J connectivity index is 4.17. The molecule has 0 aliphatic heterocycles.